The highest BCUT2D eigenvalue weighted by atomic mass is 35.5. The number of nitrogens with zero attached hydrogens (tertiary/aromatic N) is 2. The Morgan fingerprint density at radius 2 is 2.05 bits per heavy atom. The number of alkyl halides is 1. The predicted octanol–water partition coefficient (Wildman–Crippen LogP) is 3.47. The molecule has 2 aromatic heterocycles. The van der Waals surface area contributed by atoms with Gasteiger partial charge in [0.1, 0.15) is 0 Å². The van der Waals surface area contributed by atoms with E-state index in [1.807, 2.05) is 36.6 Å². The van der Waals surface area contributed by atoms with Crippen molar-refractivity contribution in [2.45, 2.75) is 12.8 Å². The van der Waals surface area contributed by atoms with Crippen LogP contribution in [-0.2, 0) is 5.88 Å². The Bertz CT molecular complexity index is 789. The minimum Gasteiger partial charge on any atom is -0.269 e. The van der Waals surface area contributed by atoms with Crippen molar-refractivity contribution in [2.24, 2.45) is 0 Å². The van der Waals surface area contributed by atoms with Crippen molar-refractivity contribution in [3.8, 4) is 11.3 Å². The molecule has 0 fully saturated rings. The molecule has 0 aliphatic heterocycles. The third-order valence-corrected chi connectivity index (χ3v) is 4.04. The minimum atomic E-state index is -0.0857. The molecule has 5 heteroatoms. The van der Waals surface area contributed by atoms with Crippen molar-refractivity contribution in [2.75, 3.05) is 0 Å². The highest BCUT2D eigenvalue weighted by Gasteiger charge is 2.10. The second kappa shape index (κ2) is 4.79. The molecule has 3 nitrogen and oxygen atoms in total. The van der Waals surface area contributed by atoms with E-state index >= 15 is 0 Å². The van der Waals surface area contributed by atoms with Gasteiger partial charge in [0, 0.05) is 11.4 Å². The Labute approximate surface area is 119 Å². The maximum absolute atomic E-state index is 12.2. The van der Waals surface area contributed by atoms with Crippen molar-refractivity contribution in [3.05, 3.63) is 57.3 Å². The van der Waals surface area contributed by atoms with Crippen molar-refractivity contribution >= 4 is 27.9 Å². The quantitative estimate of drug-likeness (QED) is 0.677. The Hall–Kier alpha value is -1.65. The normalized spacial score (nSPS) is 11.1. The molecule has 0 amide bonds. The summed E-state index contributed by atoms with van der Waals surface area (Å²) >= 11 is 7.18. The third kappa shape index (κ3) is 2.17. The van der Waals surface area contributed by atoms with Crippen LogP contribution in [0.2, 0.25) is 0 Å². The smallest absolute Gasteiger partial charge is 0.259 e. The summed E-state index contributed by atoms with van der Waals surface area (Å²) in [4.78, 5) is 17.2. The van der Waals surface area contributed by atoms with Gasteiger partial charge < -0.3 is 0 Å². The van der Waals surface area contributed by atoms with Crippen molar-refractivity contribution in [1.29, 1.82) is 0 Å². The number of fused-ring (bicyclic) bond motifs is 1. The molecule has 1 aromatic carbocycles. The molecule has 0 aliphatic rings. The van der Waals surface area contributed by atoms with Gasteiger partial charge in [-0.1, -0.05) is 29.8 Å². The van der Waals surface area contributed by atoms with Crippen LogP contribution >= 0.6 is 22.9 Å². The molecule has 3 aromatic rings. The van der Waals surface area contributed by atoms with Crippen LogP contribution in [0.15, 0.2) is 40.5 Å². The van der Waals surface area contributed by atoms with Crippen LogP contribution in [0, 0.1) is 6.92 Å². The first-order valence-corrected chi connectivity index (χ1v) is 7.23. The van der Waals surface area contributed by atoms with Gasteiger partial charge >= 0.3 is 0 Å². The number of benzene rings is 1. The van der Waals surface area contributed by atoms with E-state index in [4.69, 9.17) is 11.6 Å². The van der Waals surface area contributed by atoms with Crippen LogP contribution in [0.1, 0.15) is 11.3 Å². The molecule has 0 unspecified atom stereocenters. The Morgan fingerprint density at radius 3 is 2.74 bits per heavy atom. The maximum atomic E-state index is 12.2. The second-order valence-corrected chi connectivity index (χ2v) is 5.43. The zero-order valence-corrected chi connectivity index (χ0v) is 11.8. The largest absolute Gasteiger partial charge is 0.269 e. The molecule has 0 N–H and O–H groups in total. The fraction of sp³-hybridized carbons (Fsp3) is 0.143. The van der Waals surface area contributed by atoms with E-state index in [-0.39, 0.29) is 11.4 Å². The van der Waals surface area contributed by atoms with Crippen molar-refractivity contribution in [1.82, 2.24) is 9.38 Å². The number of aromatic nitrogens is 2. The second-order valence-electron chi connectivity index (χ2n) is 4.32. The van der Waals surface area contributed by atoms with E-state index < -0.39 is 0 Å². The molecule has 0 bridgehead atoms. The predicted molar refractivity (Wildman–Crippen MR) is 79.1 cm³/mol. The van der Waals surface area contributed by atoms with E-state index in [0.717, 1.165) is 11.3 Å². The summed E-state index contributed by atoms with van der Waals surface area (Å²) in [6.07, 6.45) is 0. The Kier molecular flexibility index (Phi) is 3.12. The van der Waals surface area contributed by atoms with E-state index in [0.29, 0.717) is 10.7 Å². The zero-order valence-electron chi connectivity index (χ0n) is 10.3. The number of hydrogen-bond donors (Lipinski definition) is 0. The van der Waals surface area contributed by atoms with Gasteiger partial charge in [-0.2, -0.15) is 0 Å². The molecule has 2 heterocycles. The Morgan fingerprint density at radius 1 is 1.32 bits per heavy atom. The third-order valence-electron chi connectivity index (χ3n) is 2.94. The molecule has 0 atom stereocenters. The average molecular weight is 291 g/mol. The summed E-state index contributed by atoms with van der Waals surface area (Å²) < 4.78 is 1.63. The number of halogens is 1. The molecule has 96 valence electrons. The first-order valence-electron chi connectivity index (χ1n) is 5.82. The summed E-state index contributed by atoms with van der Waals surface area (Å²) in [6, 6.07) is 9.58. The molecular weight excluding hydrogens is 280 g/mol. The number of rotatable bonds is 2. The van der Waals surface area contributed by atoms with Crippen LogP contribution in [0.4, 0.5) is 0 Å². The summed E-state index contributed by atoms with van der Waals surface area (Å²) in [6.45, 7) is 2.04. The standard InChI is InChI=1S/C14H11ClN2OS/c1-9-2-4-10(5-3-9)12-8-19-14-16-11(7-15)6-13(18)17(12)14/h2-6,8H,7H2,1H3. The Balaban J connectivity index is 2.26. The van der Waals surface area contributed by atoms with E-state index in [9.17, 15) is 4.79 Å². The summed E-state index contributed by atoms with van der Waals surface area (Å²) in [5.41, 5.74) is 3.61. The lowest BCUT2D eigenvalue weighted by atomic mass is 10.1. The molecule has 0 saturated carbocycles. The maximum Gasteiger partial charge on any atom is 0.259 e. The summed E-state index contributed by atoms with van der Waals surface area (Å²) in [5, 5.41) is 1.95. The molecule has 0 saturated heterocycles. The number of hydrogen-bond acceptors (Lipinski definition) is 3. The average Bonchev–Trinajstić information content (AvgIpc) is 2.84. The lowest BCUT2D eigenvalue weighted by Gasteiger charge is -2.02. The zero-order chi connectivity index (χ0) is 13.4. The fourth-order valence-corrected chi connectivity index (χ4v) is 3.02. The van der Waals surface area contributed by atoms with Gasteiger partial charge in [-0.05, 0) is 12.5 Å². The van der Waals surface area contributed by atoms with Gasteiger partial charge in [-0.25, -0.2) is 4.98 Å². The van der Waals surface area contributed by atoms with Crippen LogP contribution in [0.5, 0.6) is 0 Å². The highest BCUT2D eigenvalue weighted by Crippen LogP contribution is 2.24. The van der Waals surface area contributed by atoms with Crippen LogP contribution in [0.25, 0.3) is 16.2 Å². The lowest BCUT2D eigenvalue weighted by molar-refractivity contribution is 1.04. The van der Waals surface area contributed by atoms with Gasteiger partial charge in [0.2, 0.25) is 0 Å². The molecule has 19 heavy (non-hydrogen) atoms. The first-order chi connectivity index (χ1) is 9.19. The van der Waals surface area contributed by atoms with Crippen LogP contribution in [-0.4, -0.2) is 9.38 Å². The topological polar surface area (TPSA) is 34.4 Å². The van der Waals surface area contributed by atoms with Crippen molar-refractivity contribution in [3.63, 3.8) is 0 Å². The number of thiazole rings is 1. The van der Waals surface area contributed by atoms with Gasteiger partial charge in [0.15, 0.2) is 4.96 Å². The van der Waals surface area contributed by atoms with Gasteiger partial charge in [0.25, 0.3) is 5.56 Å². The highest BCUT2D eigenvalue weighted by molar-refractivity contribution is 7.15. The van der Waals surface area contributed by atoms with E-state index in [2.05, 4.69) is 4.98 Å². The van der Waals surface area contributed by atoms with E-state index in [1.54, 1.807) is 4.40 Å². The molecule has 0 spiro atoms. The molecule has 0 aliphatic carbocycles. The summed E-state index contributed by atoms with van der Waals surface area (Å²) in [5.74, 6) is 0.253. The minimum absolute atomic E-state index is 0.0857. The van der Waals surface area contributed by atoms with Gasteiger partial charge in [-0.3, -0.25) is 9.20 Å². The van der Waals surface area contributed by atoms with Crippen LogP contribution < -0.4 is 5.56 Å². The summed E-state index contributed by atoms with van der Waals surface area (Å²) in [7, 11) is 0. The molecule has 0 radical (unpaired) electrons. The number of aryl methyl sites for hydroxylation is 1. The first kappa shape index (κ1) is 12.4. The molecule has 3 rings (SSSR count). The van der Waals surface area contributed by atoms with Crippen molar-refractivity contribution < 1.29 is 0 Å². The lowest BCUT2D eigenvalue weighted by Crippen LogP contribution is -2.14. The fourth-order valence-electron chi connectivity index (χ4n) is 1.96. The van der Waals surface area contributed by atoms with E-state index in [1.165, 1.54) is 23.0 Å². The van der Waals surface area contributed by atoms with Crippen LogP contribution in [0.3, 0.4) is 0 Å². The van der Waals surface area contributed by atoms with Gasteiger partial charge in [-0.15, -0.1) is 22.9 Å². The molecular formula is C14H11ClN2OS. The monoisotopic (exact) mass is 290 g/mol. The SMILES string of the molecule is Cc1ccc(-c2csc3nc(CCl)cc(=O)n23)cc1. The van der Waals surface area contributed by atoms with Gasteiger partial charge in [0.05, 0.1) is 17.3 Å².